The molecule has 6 heteroatoms. The monoisotopic (exact) mass is 1040 g/mol. The molecule has 0 aromatic heterocycles. The Hall–Kier alpha value is -4.45. The third-order valence-corrected chi connectivity index (χ3v) is 12.6. The molecular formula is C69H112O6. The molecule has 0 aliphatic heterocycles. The number of unbranched alkanes of at least 4 members (excludes halogenated alkanes) is 21. The summed E-state index contributed by atoms with van der Waals surface area (Å²) in [7, 11) is 0. The Morgan fingerprint density at radius 1 is 0.280 bits per heavy atom. The third kappa shape index (κ3) is 60.3. The van der Waals surface area contributed by atoms with E-state index >= 15 is 0 Å². The van der Waals surface area contributed by atoms with Gasteiger partial charge in [0.25, 0.3) is 0 Å². The summed E-state index contributed by atoms with van der Waals surface area (Å²) in [5, 5.41) is 0. The van der Waals surface area contributed by atoms with Crippen LogP contribution >= 0.6 is 0 Å². The lowest BCUT2D eigenvalue weighted by molar-refractivity contribution is -0.167. The smallest absolute Gasteiger partial charge is 0.306 e. The maximum Gasteiger partial charge on any atom is 0.306 e. The van der Waals surface area contributed by atoms with E-state index in [0.29, 0.717) is 19.3 Å². The molecule has 0 amide bonds. The number of esters is 3. The van der Waals surface area contributed by atoms with Crippen molar-refractivity contribution in [2.24, 2.45) is 0 Å². The summed E-state index contributed by atoms with van der Waals surface area (Å²) in [5.74, 6) is -0.959. The Labute approximate surface area is 462 Å². The van der Waals surface area contributed by atoms with Gasteiger partial charge in [-0.3, -0.25) is 14.4 Å². The zero-order valence-corrected chi connectivity index (χ0v) is 48.5. The minimum absolute atomic E-state index is 0.103. The maximum absolute atomic E-state index is 12.9. The molecule has 6 nitrogen and oxygen atoms in total. The van der Waals surface area contributed by atoms with Crippen molar-refractivity contribution in [3.05, 3.63) is 134 Å². The largest absolute Gasteiger partial charge is 0.462 e. The fourth-order valence-corrected chi connectivity index (χ4v) is 8.00. The highest BCUT2D eigenvalue weighted by atomic mass is 16.6. The van der Waals surface area contributed by atoms with Gasteiger partial charge in [-0.15, -0.1) is 0 Å². The molecule has 0 N–H and O–H groups in total. The molecule has 0 heterocycles. The summed E-state index contributed by atoms with van der Waals surface area (Å²) in [6, 6.07) is 0. The van der Waals surface area contributed by atoms with E-state index in [2.05, 4.69) is 154 Å². The van der Waals surface area contributed by atoms with Gasteiger partial charge in [0.2, 0.25) is 0 Å². The molecule has 1 atom stereocenters. The third-order valence-electron chi connectivity index (χ3n) is 12.6. The van der Waals surface area contributed by atoms with Gasteiger partial charge in [-0.2, -0.15) is 0 Å². The summed E-state index contributed by atoms with van der Waals surface area (Å²) in [6.45, 7) is 6.42. The second-order valence-electron chi connectivity index (χ2n) is 19.9. The molecule has 0 rings (SSSR count). The minimum atomic E-state index is -0.808. The fourth-order valence-electron chi connectivity index (χ4n) is 8.00. The number of carbonyl (C=O) groups is 3. The van der Waals surface area contributed by atoms with Gasteiger partial charge in [-0.1, -0.05) is 244 Å². The van der Waals surface area contributed by atoms with E-state index < -0.39 is 6.10 Å². The molecule has 0 radical (unpaired) electrons. The molecule has 1 unspecified atom stereocenters. The van der Waals surface area contributed by atoms with Gasteiger partial charge in [0.15, 0.2) is 6.10 Å². The number of ether oxygens (including phenoxy) is 3. The molecule has 0 aliphatic carbocycles. The molecule has 0 bridgehead atoms. The molecule has 0 fully saturated rings. The van der Waals surface area contributed by atoms with Crippen molar-refractivity contribution in [2.45, 2.75) is 271 Å². The topological polar surface area (TPSA) is 78.9 Å². The van der Waals surface area contributed by atoms with Crippen LogP contribution in [-0.2, 0) is 28.6 Å². The quantitative estimate of drug-likeness (QED) is 0.0261. The zero-order chi connectivity index (χ0) is 54.3. The molecule has 0 saturated carbocycles. The van der Waals surface area contributed by atoms with Crippen molar-refractivity contribution in [2.75, 3.05) is 13.2 Å². The van der Waals surface area contributed by atoms with Gasteiger partial charge in [0.1, 0.15) is 13.2 Å². The first-order valence-corrected chi connectivity index (χ1v) is 30.7. The van der Waals surface area contributed by atoms with Crippen molar-refractivity contribution in [3.8, 4) is 0 Å². The minimum Gasteiger partial charge on any atom is -0.462 e. The van der Waals surface area contributed by atoms with E-state index in [4.69, 9.17) is 14.2 Å². The highest BCUT2D eigenvalue weighted by molar-refractivity contribution is 5.71. The normalized spacial score (nSPS) is 13.1. The van der Waals surface area contributed by atoms with Crippen LogP contribution in [0.15, 0.2) is 134 Å². The van der Waals surface area contributed by atoms with Crippen LogP contribution in [0.25, 0.3) is 0 Å². The predicted molar refractivity (Wildman–Crippen MR) is 325 cm³/mol. The number of hydrogen-bond donors (Lipinski definition) is 0. The summed E-state index contributed by atoms with van der Waals surface area (Å²) in [5.41, 5.74) is 0. The van der Waals surface area contributed by atoms with E-state index in [1.165, 1.54) is 77.0 Å². The zero-order valence-electron chi connectivity index (χ0n) is 48.5. The van der Waals surface area contributed by atoms with Crippen LogP contribution in [0.3, 0.4) is 0 Å². The first kappa shape index (κ1) is 70.5. The Balaban J connectivity index is 4.47. The average molecular weight is 1040 g/mol. The van der Waals surface area contributed by atoms with Gasteiger partial charge in [0, 0.05) is 19.3 Å². The van der Waals surface area contributed by atoms with Gasteiger partial charge in [-0.25, -0.2) is 0 Å². The van der Waals surface area contributed by atoms with E-state index in [1.807, 2.05) is 0 Å². The van der Waals surface area contributed by atoms with Gasteiger partial charge < -0.3 is 14.2 Å². The molecule has 0 saturated heterocycles. The van der Waals surface area contributed by atoms with Crippen LogP contribution in [-0.4, -0.2) is 37.2 Å². The lowest BCUT2D eigenvalue weighted by atomic mass is 10.1. The molecule has 0 aromatic rings. The Morgan fingerprint density at radius 3 is 0.867 bits per heavy atom. The van der Waals surface area contributed by atoms with E-state index in [9.17, 15) is 14.4 Å². The highest BCUT2D eigenvalue weighted by Gasteiger charge is 2.19. The second kappa shape index (κ2) is 62.1. The van der Waals surface area contributed by atoms with Crippen LogP contribution in [0.2, 0.25) is 0 Å². The lowest BCUT2D eigenvalue weighted by Crippen LogP contribution is -2.30. The Kier molecular flexibility index (Phi) is 58.4. The summed E-state index contributed by atoms with van der Waals surface area (Å²) in [6.07, 6.45) is 87.3. The Bertz CT molecular complexity index is 1620. The molecule has 0 aromatic carbocycles. The van der Waals surface area contributed by atoms with Crippen molar-refractivity contribution >= 4 is 17.9 Å². The molecular weight excluding hydrogens is 925 g/mol. The first-order valence-electron chi connectivity index (χ1n) is 30.7. The van der Waals surface area contributed by atoms with Crippen molar-refractivity contribution < 1.29 is 28.6 Å². The van der Waals surface area contributed by atoms with Crippen LogP contribution in [0.1, 0.15) is 265 Å². The number of allylic oxidation sites excluding steroid dienone is 22. The molecule has 424 valence electrons. The van der Waals surface area contributed by atoms with Gasteiger partial charge in [-0.05, 0) is 135 Å². The second-order valence-corrected chi connectivity index (χ2v) is 19.9. The number of rotatable bonds is 54. The summed E-state index contributed by atoms with van der Waals surface area (Å²) in [4.78, 5) is 38.3. The van der Waals surface area contributed by atoms with Gasteiger partial charge >= 0.3 is 17.9 Å². The summed E-state index contributed by atoms with van der Waals surface area (Å²) < 4.78 is 16.9. The predicted octanol–water partition coefficient (Wildman–Crippen LogP) is 21.0. The van der Waals surface area contributed by atoms with E-state index in [1.54, 1.807) is 0 Å². The maximum atomic E-state index is 12.9. The first-order chi connectivity index (χ1) is 37.0. The number of hydrogen-bond acceptors (Lipinski definition) is 6. The summed E-state index contributed by atoms with van der Waals surface area (Å²) >= 11 is 0. The van der Waals surface area contributed by atoms with Gasteiger partial charge in [0.05, 0.1) is 0 Å². The average Bonchev–Trinajstić information content (AvgIpc) is 3.41. The molecule has 75 heavy (non-hydrogen) atoms. The molecule has 0 spiro atoms. The lowest BCUT2D eigenvalue weighted by Gasteiger charge is -2.18. The van der Waals surface area contributed by atoms with E-state index in [-0.39, 0.29) is 31.1 Å². The Morgan fingerprint density at radius 2 is 0.533 bits per heavy atom. The van der Waals surface area contributed by atoms with Crippen molar-refractivity contribution in [1.29, 1.82) is 0 Å². The molecule has 0 aliphatic rings. The fraction of sp³-hybridized carbons (Fsp3) is 0.638. The van der Waals surface area contributed by atoms with Crippen LogP contribution in [0.4, 0.5) is 0 Å². The van der Waals surface area contributed by atoms with Crippen molar-refractivity contribution in [3.63, 3.8) is 0 Å². The van der Waals surface area contributed by atoms with Crippen molar-refractivity contribution in [1.82, 2.24) is 0 Å². The highest BCUT2D eigenvalue weighted by Crippen LogP contribution is 2.14. The van der Waals surface area contributed by atoms with E-state index in [0.717, 1.165) is 148 Å². The van der Waals surface area contributed by atoms with Crippen LogP contribution in [0, 0.1) is 0 Å². The number of carbonyl (C=O) groups excluding carboxylic acids is 3. The van der Waals surface area contributed by atoms with Crippen LogP contribution in [0.5, 0.6) is 0 Å². The van der Waals surface area contributed by atoms with Crippen LogP contribution < -0.4 is 0 Å². The standard InChI is InChI=1S/C69H112O6/c1-4-7-10-13-16-19-22-25-28-30-32-33-34-35-36-37-38-40-41-44-47-50-53-56-59-62-68(71)74-65-66(64-73-67(70)61-58-55-52-49-46-43-27-24-21-18-15-12-9-6-3)75-69(72)63-60-57-54-51-48-45-42-39-31-29-26-23-20-17-14-11-8-5-2/h7,10,15-16,18-20,23-25,27-29,31-33,35-36,38,40,44,47,66H,4-6,8-9,11-14,17,21-22,26,30,34,37,39,41-43,45-46,48-65H2,1-3H3/b10-7-,18-15-,19-16-,23-20-,27-24-,28-25-,31-29-,33-32-,36-35-,40-38-,47-44-. The SMILES string of the molecule is CC/C=C\C/C=C\C/C=C\C/C=C\C/C=C\C/C=C\C/C=C\CCCCCC(=O)OCC(COC(=O)CCCCCCC/C=C\C/C=C\CCCC)OC(=O)CCCCCCCCC/C=C\C/C=C\CCCCCC.